The summed E-state index contributed by atoms with van der Waals surface area (Å²) in [6.07, 6.45) is 2.84. The first-order valence-corrected chi connectivity index (χ1v) is 7.57. The van der Waals surface area contributed by atoms with Crippen LogP contribution in [0.1, 0.15) is 6.42 Å². The molecule has 0 aliphatic carbocycles. The molecule has 0 bridgehead atoms. The average Bonchev–Trinajstić information content (AvgIpc) is 2.97. The number of nitrogens with zero attached hydrogens (tertiary/aromatic N) is 1. The van der Waals surface area contributed by atoms with E-state index >= 15 is 0 Å². The summed E-state index contributed by atoms with van der Waals surface area (Å²) >= 11 is 0. The third kappa shape index (κ3) is 3.69. The number of hydrogen-bond donors (Lipinski definition) is 2. The number of aryl methyl sites for hydroxylation is 1. The summed E-state index contributed by atoms with van der Waals surface area (Å²) in [6, 6.07) is 16.0. The Morgan fingerprint density at radius 3 is 2.70 bits per heavy atom. The molecular weight excluding hydrogens is 293 g/mol. The van der Waals surface area contributed by atoms with Crippen LogP contribution in [0.5, 0.6) is 0 Å². The Balaban J connectivity index is 1.46. The summed E-state index contributed by atoms with van der Waals surface area (Å²) in [7, 11) is 0. The second kappa shape index (κ2) is 6.96. The van der Waals surface area contributed by atoms with Crippen molar-refractivity contribution in [2.24, 2.45) is 0 Å². The maximum absolute atomic E-state index is 13.4. The van der Waals surface area contributed by atoms with Crippen molar-refractivity contribution in [2.45, 2.75) is 13.0 Å². The standard InChI is InChI=1S/C18H18FN3O/c19-15-7-2-3-8-16(15)21-18(23)20-11-5-12-22-13-10-14-6-1-4-9-17(14)22/h1-4,6-10,13H,5,11-12H2,(H2,20,21,23). The number of para-hydroxylation sites is 2. The number of hydrogen-bond acceptors (Lipinski definition) is 1. The van der Waals surface area contributed by atoms with E-state index in [4.69, 9.17) is 0 Å². The molecule has 3 rings (SSSR count). The molecule has 118 valence electrons. The number of rotatable bonds is 5. The second-order valence-corrected chi connectivity index (χ2v) is 5.28. The highest BCUT2D eigenvalue weighted by Gasteiger charge is 2.05. The van der Waals surface area contributed by atoms with Crippen LogP contribution in [0.15, 0.2) is 60.8 Å². The number of aromatic nitrogens is 1. The number of anilines is 1. The van der Waals surface area contributed by atoms with Gasteiger partial charge in [-0.1, -0.05) is 30.3 Å². The second-order valence-electron chi connectivity index (χ2n) is 5.28. The van der Waals surface area contributed by atoms with Gasteiger partial charge in [-0.25, -0.2) is 9.18 Å². The average molecular weight is 311 g/mol. The van der Waals surface area contributed by atoms with Gasteiger partial charge < -0.3 is 15.2 Å². The van der Waals surface area contributed by atoms with E-state index in [1.807, 2.05) is 18.3 Å². The van der Waals surface area contributed by atoms with E-state index in [0.29, 0.717) is 6.54 Å². The Hall–Kier alpha value is -2.82. The van der Waals surface area contributed by atoms with Gasteiger partial charge in [0.2, 0.25) is 0 Å². The SMILES string of the molecule is O=C(NCCCn1ccc2ccccc21)Nc1ccccc1F. The number of fused-ring (bicyclic) bond motifs is 1. The van der Waals surface area contributed by atoms with Crippen LogP contribution in [0.25, 0.3) is 10.9 Å². The van der Waals surface area contributed by atoms with Crippen molar-refractivity contribution in [2.75, 3.05) is 11.9 Å². The monoisotopic (exact) mass is 311 g/mol. The van der Waals surface area contributed by atoms with E-state index in [0.717, 1.165) is 13.0 Å². The van der Waals surface area contributed by atoms with Crippen LogP contribution in [0.2, 0.25) is 0 Å². The number of carbonyl (C=O) groups excluding carboxylic acids is 1. The van der Waals surface area contributed by atoms with Crippen LogP contribution in [0, 0.1) is 5.82 Å². The molecule has 3 aromatic rings. The van der Waals surface area contributed by atoms with Gasteiger partial charge in [0.1, 0.15) is 5.82 Å². The molecule has 0 radical (unpaired) electrons. The largest absolute Gasteiger partial charge is 0.347 e. The van der Waals surface area contributed by atoms with Crippen molar-refractivity contribution >= 4 is 22.6 Å². The van der Waals surface area contributed by atoms with Crippen LogP contribution < -0.4 is 10.6 Å². The van der Waals surface area contributed by atoms with E-state index in [1.165, 1.54) is 23.0 Å². The first kappa shape index (κ1) is 15.1. The van der Waals surface area contributed by atoms with Crippen molar-refractivity contribution in [1.82, 2.24) is 9.88 Å². The maximum atomic E-state index is 13.4. The highest BCUT2D eigenvalue weighted by molar-refractivity contribution is 5.89. The predicted molar refractivity (Wildman–Crippen MR) is 90.0 cm³/mol. The normalized spacial score (nSPS) is 10.7. The van der Waals surface area contributed by atoms with Crippen LogP contribution >= 0.6 is 0 Å². The molecule has 2 aromatic carbocycles. The van der Waals surface area contributed by atoms with E-state index in [-0.39, 0.29) is 5.69 Å². The fraction of sp³-hybridized carbons (Fsp3) is 0.167. The smallest absolute Gasteiger partial charge is 0.319 e. The summed E-state index contributed by atoms with van der Waals surface area (Å²) < 4.78 is 15.6. The Morgan fingerprint density at radius 1 is 1.04 bits per heavy atom. The molecule has 2 N–H and O–H groups in total. The van der Waals surface area contributed by atoms with Crippen molar-refractivity contribution in [3.63, 3.8) is 0 Å². The quantitative estimate of drug-likeness (QED) is 0.688. The minimum atomic E-state index is -0.443. The Morgan fingerprint density at radius 2 is 1.83 bits per heavy atom. The Labute approximate surface area is 133 Å². The number of urea groups is 1. The van der Waals surface area contributed by atoms with Gasteiger partial charge in [0.05, 0.1) is 5.69 Å². The third-order valence-corrected chi connectivity index (χ3v) is 3.66. The number of carbonyl (C=O) groups is 1. The van der Waals surface area contributed by atoms with Crippen LogP contribution in [0.3, 0.4) is 0 Å². The van der Waals surface area contributed by atoms with E-state index < -0.39 is 11.8 Å². The number of halogens is 1. The molecule has 0 saturated carbocycles. The van der Waals surface area contributed by atoms with Crippen molar-refractivity contribution in [3.05, 3.63) is 66.6 Å². The number of amides is 2. The van der Waals surface area contributed by atoms with Gasteiger partial charge >= 0.3 is 6.03 Å². The molecule has 0 spiro atoms. The van der Waals surface area contributed by atoms with Gasteiger partial charge in [0, 0.05) is 24.8 Å². The molecule has 1 heterocycles. The molecule has 5 heteroatoms. The molecule has 0 fully saturated rings. The van der Waals surface area contributed by atoms with Gasteiger partial charge in [0.15, 0.2) is 0 Å². The van der Waals surface area contributed by atoms with E-state index in [2.05, 4.69) is 33.4 Å². The highest BCUT2D eigenvalue weighted by atomic mass is 19.1. The van der Waals surface area contributed by atoms with E-state index in [9.17, 15) is 9.18 Å². The summed E-state index contributed by atoms with van der Waals surface area (Å²) in [4.78, 5) is 11.7. The first-order chi connectivity index (χ1) is 11.2. The minimum Gasteiger partial charge on any atom is -0.347 e. The lowest BCUT2D eigenvalue weighted by molar-refractivity contribution is 0.251. The van der Waals surface area contributed by atoms with Crippen LogP contribution in [-0.4, -0.2) is 17.1 Å². The fourth-order valence-electron chi connectivity index (χ4n) is 2.52. The minimum absolute atomic E-state index is 0.182. The molecule has 0 atom stereocenters. The first-order valence-electron chi connectivity index (χ1n) is 7.57. The third-order valence-electron chi connectivity index (χ3n) is 3.66. The zero-order chi connectivity index (χ0) is 16.1. The zero-order valence-electron chi connectivity index (χ0n) is 12.6. The zero-order valence-corrected chi connectivity index (χ0v) is 12.6. The maximum Gasteiger partial charge on any atom is 0.319 e. The van der Waals surface area contributed by atoms with Gasteiger partial charge in [-0.05, 0) is 36.1 Å². The van der Waals surface area contributed by atoms with Crippen molar-refractivity contribution in [1.29, 1.82) is 0 Å². The molecule has 0 aliphatic heterocycles. The molecule has 1 aromatic heterocycles. The fourth-order valence-corrected chi connectivity index (χ4v) is 2.52. The van der Waals surface area contributed by atoms with Crippen molar-refractivity contribution < 1.29 is 9.18 Å². The lowest BCUT2D eigenvalue weighted by Gasteiger charge is -2.09. The van der Waals surface area contributed by atoms with Gasteiger partial charge in [-0.15, -0.1) is 0 Å². The molecule has 2 amide bonds. The number of nitrogens with one attached hydrogen (secondary N) is 2. The molecule has 0 saturated heterocycles. The van der Waals surface area contributed by atoms with E-state index in [1.54, 1.807) is 12.1 Å². The Kier molecular flexibility index (Phi) is 4.57. The molecular formula is C18H18FN3O. The molecule has 4 nitrogen and oxygen atoms in total. The van der Waals surface area contributed by atoms with Gasteiger partial charge in [-0.2, -0.15) is 0 Å². The van der Waals surface area contributed by atoms with Gasteiger partial charge in [-0.3, -0.25) is 0 Å². The number of benzene rings is 2. The lowest BCUT2D eigenvalue weighted by atomic mass is 10.2. The summed E-state index contributed by atoms with van der Waals surface area (Å²) in [5.74, 6) is -0.443. The summed E-state index contributed by atoms with van der Waals surface area (Å²) in [6.45, 7) is 1.33. The predicted octanol–water partition coefficient (Wildman–Crippen LogP) is 3.99. The van der Waals surface area contributed by atoms with Crippen LogP contribution in [-0.2, 0) is 6.54 Å². The summed E-state index contributed by atoms with van der Waals surface area (Å²) in [5.41, 5.74) is 1.37. The Bertz CT molecular complexity index is 813. The highest BCUT2D eigenvalue weighted by Crippen LogP contribution is 2.15. The topological polar surface area (TPSA) is 46.1 Å². The summed E-state index contributed by atoms with van der Waals surface area (Å²) in [5, 5.41) is 6.45. The molecule has 0 aliphatic rings. The van der Waals surface area contributed by atoms with Crippen molar-refractivity contribution in [3.8, 4) is 0 Å². The lowest BCUT2D eigenvalue weighted by Crippen LogP contribution is -2.30. The molecule has 0 unspecified atom stereocenters. The molecule has 23 heavy (non-hydrogen) atoms. The van der Waals surface area contributed by atoms with Gasteiger partial charge in [0.25, 0.3) is 0 Å². The van der Waals surface area contributed by atoms with Crippen LogP contribution in [0.4, 0.5) is 14.9 Å².